The van der Waals surface area contributed by atoms with E-state index in [1.54, 1.807) is 0 Å². The molecule has 9 aromatic rings. The summed E-state index contributed by atoms with van der Waals surface area (Å²) in [7, 11) is 0. The van der Waals surface area contributed by atoms with Gasteiger partial charge in [-0.2, -0.15) is 0 Å². The van der Waals surface area contributed by atoms with E-state index in [4.69, 9.17) is 4.42 Å². The van der Waals surface area contributed by atoms with E-state index in [0.717, 1.165) is 16.6 Å². The third-order valence-electron chi connectivity index (χ3n) is 9.40. The number of rotatable bonds is 2. The maximum Gasteiger partial charge on any atom is 0.136 e. The lowest BCUT2D eigenvalue weighted by Gasteiger charge is -2.12. The Morgan fingerprint density at radius 3 is 1.86 bits per heavy atom. The molecule has 0 bridgehead atoms. The van der Waals surface area contributed by atoms with Crippen molar-refractivity contribution in [1.82, 2.24) is 0 Å². The number of hydrogen-bond donors (Lipinski definition) is 0. The molecule has 1 heterocycles. The summed E-state index contributed by atoms with van der Waals surface area (Å²) in [6.07, 6.45) is 0. The topological polar surface area (TPSA) is 13.1 Å². The molecule has 0 radical (unpaired) electrons. The first kappa shape index (κ1) is 23.0. The van der Waals surface area contributed by atoms with Crippen LogP contribution >= 0.6 is 0 Å². The number of hydrogen-bond acceptors (Lipinski definition) is 1. The van der Waals surface area contributed by atoms with E-state index >= 15 is 0 Å². The predicted molar refractivity (Wildman–Crippen MR) is 182 cm³/mol. The van der Waals surface area contributed by atoms with Crippen molar-refractivity contribution in [2.24, 2.45) is 0 Å². The molecular formula is C42H24O. The van der Waals surface area contributed by atoms with Crippen LogP contribution in [0.5, 0.6) is 0 Å². The number of furan rings is 1. The van der Waals surface area contributed by atoms with Gasteiger partial charge in [-0.1, -0.05) is 121 Å². The molecule has 10 rings (SSSR count). The van der Waals surface area contributed by atoms with E-state index in [1.807, 2.05) is 0 Å². The molecule has 0 N–H and O–H groups in total. The van der Waals surface area contributed by atoms with Gasteiger partial charge < -0.3 is 4.42 Å². The molecular weight excluding hydrogens is 520 g/mol. The van der Waals surface area contributed by atoms with Crippen molar-refractivity contribution in [3.05, 3.63) is 146 Å². The molecule has 198 valence electrons. The Morgan fingerprint density at radius 1 is 0.326 bits per heavy atom. The maximum atomic E-state index is 6.48. The molecule has 0 aliphatic heterocycles. The third kappa shape index (κ3) is 3.17. The fraction of sp³-hybridized carbons (Fsp3) is 0. The summed E-state index contributed by atoms with van der Waals surface area (Å²) in [4.78, 5) is 0. The molecule has 1 aliphatic rings. The first-order chi connectivity index (χ1) is 21.3. The van der Waals surface area contributed by atoms with Crippen LogP contribution in [0, 0.1) is 0 Å². The second-order valence-electron chi connectivity index (χ2n) is 11.7. The molecule has 1 heteroatoms. The van der Waals surface area contributed by atoms with Gasteiger partial charge in [-0.05, 0) is 101 Å². The average Bonchev–Trinajstić information content (AvgIpc) is 3.62. The molecule has 1 aromatic heterocycles. The summed E-state index contributed by atoms with van der Waals surface area (Å²) in [6, 6.07) is 53.0. The standard InChI is InChI=1S/C42H24O/c1-2-9-30-25(7-1)15-16-26-17-18-28(23-36(26)30)29-20-22-38-37(24-29)41-34(13-6-14-39(41)43-38)35-21-19-27-8-5-12-32-31-10-3-4-11-33(31)42(35)40(27)32/h1-24H. The van der Waals surface area contributed by atoms with E-state index in [9.17, 15) is 0 Å². The van der Waals surface area contributed by atoms with Gasteiger partial charge in [0.1, 0.15) is 11.2 Å². The van der Waals surface area contributed by atoms with Crippen LogP contribution in [0.25, 0.3) is 98.8 Å². The van der Waals surface area contributed by atoms with Gasteiger partial charge in [0.15, 0.2) is 0 Å². The highest BCUT2D eigenvalue weighted by Gasteiger charge is 2.25. The highest BCUT2D eigenvalue weighted by molar-refractivity contribution is 6.22. The monoisotopic (exact) mass is 544 g/mol. The zero-order chi connectivity index (χ0) is 28.1. The quantitative estimate of drug-likeness (QED) is 0.197. The molecule has 0 fully saturated rings. The highest BCUT2D eigenvalue weighted by atomic mass is 16.3. The van der Waals surface area contributed by atoms with Crippen molar-refractivity contribution in [2.75, 3.05) is 0 Å². The number of benzene rings is 8. The SMILES string of the molecule is c1ccc2c(c1)-c1cccc3ccc(-c4cccc5oc6ccc(-c7ccc8ccc9ccccc9c8c7)cc6c45)c-2c13. The first-order valence-corrected chi connectivity index (χ1v) is 14.8. The van der Waals surface area contributed by atoms with Crippen LogP contribution in [-0.2, 0) is 0 Å². The van der Waals surface area contributed by atoms with Crippen molar-refractivity contribution in [1.29, 1.82) is 0 Å². The Hall–Kier alpha value is -5.66. The molecule has 0 saturated heterocycles. The van der Waals surface area contributed by atoms with Gasteiger partial charge in [0.2, 0.25) is 0 Å². The predicted octanol–water partition coefficient (Wildman–Crippen LogP) is 12.0. The Bertz CT molecular complexity index is 2620. The lowest BCUT2D eigenvalue weighted by molar-refractivity contribution is 0.669. The van der Waals surface area contributed by atoms with Gasteiger partial charge in [-0.3, -0.25) is 0 Å². The molecule has 1 aliphatic carbocycles. The summed E-state index contributed by atoms with van der Waals surface area (Å²) in [5, 5.41) is 10.0. The van der Waals surface area contributed by atoms with Crippen molar-refractivity contribution >= 4 is 54.3 Å². The molecule has 0 saturated carbocycles. The lowest BCUT2D eigenvalue weighted by Crippen LogP contribution is -1.86. The third-order valence-corrected chi connectivity index (χ3v) is 9.40. The molecule has 0 atom stereocenters. The van der Waals surface area contributed by atoms with Crippen LogP contribution in [0.15, 0.2) is 150 Å². The summed E-state index contributed by atoms with van der Waals surface area (Å²) >= 11 is 0. The van der Waals surface area contributed by atoms with Gasteiger partial charge in [0.05, 0.1) is 0 Å². The van der Waals surface area contributed by atoms with Crippen molar-refractivity contribution < 1.29 is 4.42 Å². The van der Waals surface area contributed by atoms with Gasteiger partial charge in [0.25, 0.3) is 0 Å². The molecule has 43 heavy (non-hydrogen) atoms. The van der Waals surface area contributed by atoms with Gasteiger partial charge >= 0.3 is 0 Å². The summed E-state index contributed by atoms with van der Waals surface area (Å²) in [5.74, 6) is 0. The minimum atomic E-state index is 0.913. The van der Waals surface area contributed by atoms with Gasteiger partial charge in [-0.25, -0.2) is 0 Å². The first-order valence-electron chi connectivity index (χ1n) is 14.8. The van der Waals surface area contributed by atoms with E-state index in [-0.39, 0.29) is 0 Å². The number of fused-ring (bicyclic) bond motifs is 9. The Balaban J connectivity index is 1.23. The molecule has 0 unspecified atom stereocenters. The van der Waals surface area contributed by atoms with Gasteiger partial charge in [0, 0.05) is 10.8 Å². The van der Waals surface area contributed by atoms with Crippen molar-refractivity contribution in [2.45, 2.75) is 0 Å². The molecule has 1 nitrogen and oxygen atoms in total. The zero-order valence-corrected chi connectivity index (χ0v) is 23.3. The fourth-order valence-electron chi connectivity index (χ4n) is 7.46. The van der Waals surface area contributed by atoms with Crippen LogP contribution in [0.4, 0.5) is 0 Å². The summed E-state index contributed by atoms with van der Waals surface area (Å²) in [6.45, 7) is 0. The Labute approximate surface area is 248 Å². The van der Waals surface area contributed by atoms with Crippen LogP contribution in [0.2, 0.25) is 0 Å². The van der Waals surface area contributed by atoms with Crippen LogP contribution < -0.4 is 0 Å². The molecule has 0 amide bonds. The van der Waals surface area contributed by atoms with Crippen LogP contribution in [-0.4, -0.2) is 0 Å². The van der Waals surface area contributed by atoms with Gasteiger partial charge in [-0.15, -0.1) is 0 Å². The highest BCUT2D eigenvalue weighted by Crippen LogP contribution is 2.52. The second kappa shape index (κ2) is 8.44. The Kier molecular flexibility index (Phi) is 4.51. The van der Waals surface area contributed by atoms with E-state index in [2.05, 4.69) is 146 Å². The van der Waals surface area contributed by atoms with E-state index in [1.165, 1.54) is 82.2 Å². The minimum Gasteiger partial charge on any atom is -0.456 e. The summed E-state index contributed by atoms with van der Waals surface area (Å²) < 4.78 is 6.48. The average molecular weight is 545 g/mol. The Morgan fingerprint density at radius 2 is 0.953 bits per heavy atom. The van der Waals surface area contributed by atoms with Crippen molar-refractivity contribution in [3.63, 3.8) is 0 Å². The largest absolute Gasteiger partial charge is 0.456 e. The van der Waals surface area contributed by atoms with Crippen LogP contribution in [0.3, 0.4) is 0 Å². The molecule has 8 aromatic carbocycles. The van der Waals surface area contributed by atoms with E-state index < -0.39 is 0 Å². The zero-order valence-electron chi connectivity index (χ0n) is 23.3. The normalized spacial score (nSPS) is 12.2. The molecule has 0 spiro atoms. The summed E-state index contributed by atoms with van der Waals surface area (Å²) in [5.41, 5.74) is 11.9. The van der Waals surface area contributed by atoms with E-state index in [0.29, 0.717) is 0 Å². The van der Waals surface area contributed by atoms with Crippen LogP contribution in [0.1, 0.15) is 0 Å². The lowest BCUT2D eigenvalue weighted by atomic mass is 9.90. The minimum absolute atomic E-state index is 0.913. The smallest absolute Gasteiger partial charge is 0.136 e. The maximum absolute atomic E-state index is 6.48. The second-order valence-corrected chi connectivity index (χ2v) is 11.7. The fourth-order valence-corrected chi connectivity index (χ4v) is 7.46. The van der Waals surface area contributed by atoms with Crippen molar-refractivity contribution in [3.8, 4) is 44.5 Å².